The smallest absolute Gasteiger partial charge is 0.276 e. The van der Waals surface area contributed by atoms with Crippen LogP contribution in [0.15, 0.2) is 29.6 Å². The first kappa shape index (κ1) is 18.9. The van der Waals surface area contributed by atoms with E-state index in [0.29, 0.717) is 11.3 Å². The zero-order chi connectivity index (χ0) is 19.5. The molecule has 1 aromatic heterocycles. The van der Waals surface area contributed by atoms with Crippen LogP contribution in [0.5, 0.6) is 5.75 Å². The molecule has 0 unspecified atom stereocenters. The summed E-state index contributed by atoms with van der Waals surface area (Å²) >= 11 is 1.13. The van der Waals surface area contributed by atoms with Gasteiger partial charge >= 0.3 is 0 Å². The summed E-state index contributed by atoms with van der Waals surface area (Å²) in [5.74, 6) is 0.192. The van der Waals surface area contributed by atoms with Gasteiger partial charge < -0.3 is 15.0 Å². The Morgan fingerprint density at radius 2 is 1.96 bits per heavy atom. The molecule has 2 saturated carbocycles. The minimum absolute atomic E-state index is 0.0263. The zero-order valence-corrected chi connectivity index (χ0v) is 16.7. The second-order valence-corrected chi connectivity index (χ2v) is 7.98. The number of para-hydroxylation sites is 1. The van der Waals surface area contributed by atoms with Gasteiger partial charge in [-0.25, -0.2) is 0 Å². The molecule has 1 atom stereocenters. The van der Waals surface area contributed by atoms with Crippen LogP contribution in [0.25, 0.3) is 0 Å². The highest BCUT2D eigenvalue weighted by atomic mass is 32.1. The number of nitrogens with zero attached hydrogens (tertiary/aromatic N) is 3. The van der Waals surface area contributed by atoms with E-state index < -0.39 is 6.04 Å². The molecule has 1 heterocycles. The largest absolute Gasteiger partial charge is 0.496 e. The van der Waals surface area contributed by atoms with Crippen LogP contribution in [0.3, 0.4) is 0 Å². The second kappa shape index (κ2) is 8.26. The first-order valence-electron chi connectivity index (χ1n) is 9.72. The van der Waals surface area contributed by atoms with Crippen LogP contribution in [0.4, 0.5) is 0 Å². The SMILES string of the molecule is COc1ccccc1[C@H](C(=O)NC1CCCC1)N(C(=O)c1csnn1)C1CC1. The summed E-state index contributed by atoms with van der Waals surface area (Å²) in [5, 5.41) is 8.74. The highest BCUT2D eigenvalue weighted by Crippen LogP contribution is 2.39. The van der Waals surface area contributed by atoms with E-state index in [1.165, 1.54) is 0 Å². The molecular weight excluding hydrogens is 376 g/mol. The summed E-state index contributed by atoms with van der Waals surface area (Å²) in [5.41, 5.74) is 0.981. The molecule has 1 aromatic carbocycles. The predicted octanol–water partition coefficient (Wildman–Crippen LogP) is 2.95. The van der Waals surface area contributed by atoms with E-state index in [0.717, 1.165) is 50.1 Å². The predicted molar refractivity (Wildman–Crippen MR) is 105 cm³/mol. The third-order valence-electron chi connectivity index (χ3n) is 5.42. The quantitative estimate of drug-likeness (QED) is 0.772. The number of rotatable bonds is 7. The number of benzene rings is 1. The maximum absolute atomic E-state index is 13.4. The van der Waals surface area contributed by atoms with Crippen molar-refractivity contribution < 1.29 is 14.3 Å². The van der Waals surface area contributed by atoms with Crippen molar-refractivity contribution in [1.82, 2.24) is 19.8 Å². The second-order valence-electron chi connectivity index (χ2n) is 7.37. The van der Waals surface area contributed by atoms with Gasteiger partial charge in [-0.05, 0) is 43.3 Å². The molecule has 2 aliphatic carbocycles. The molecule has 2 amide bonds. The molecule has 2 fully saturated rings. The lowest BCUT2D eigenvalue weighted by Crippen LogP contribution is -2.47. The molecule has 2 aliphatic rings. The Morgan fingerprint density at radius 1 is 1.21 bits per heavy atom. The molecular formula is C20H24N4O3S. The third-order valence-corrected chi connectivity index (χ3v) is 5.92. The van der Waals surface area contributed by atoms with E-state index in [9.17, 15) is 9.59 Å². The fourth-order valence-electron chi connectivity index (χ4n) is 3.90. The van der Waals surface area contributed by atoms with Crippen molar-refractivity contribution in [2.24, 2.45) is 0 Å². The normalized spacial score (nSPS) is 17.9. The van der Waals surface area contributed by atoms with Crippen LogP contribution in [-0.2, 0) is 4.79 Å². The number of nitrogens with one attached hydrogen (secondary N) is 1. The number of amides is 2. The van der Waals surface area contributed by atoms with Crippen molar-refractivity contribution in [2.45, 2.75) is 56.7 Å². The lowest BCUT2D eigenvalue weighted by Gasteiger charge is -2.32. The van der Waals surface area contributed by atoms with Crippen LogP contribution in [0.1, 0.15) is 60.6 Å². The van der Waals surface area contributed by atoms with Crippen LogP contribution >= 0.6 is 11.5 Å². The molecule has 1 N–H and O–H groups in total. The molecule has 28 heavy (non-hydrogen) atoms. The van der Waals surface area contributed by atoms with Gasteiger partial charge in [-0.15, -0.1) is 5.10 Å². The summed E-state index contributed by atoms with van der Waals surface area (Å²) < 4.78 is 9.34. The van der Waals surface area contributed by atoms with Gasteiger partial charge in [0.2, 0.25) is 5.91 Å². The van der Waals surface area contributed by atoms with Crippen LogP contribution in [0.2, 0.25) is 0 Å². The number of aromatic nitrogens is 2. The van der Waals surface area contributed by atoms with Crippen LogP contribution in [-0.4, -0.2) is 45.5 Å². The van der Waals surface area contributed by atoms with Gasteiger partial charge in [-0.2, -0.15) is 0 Å². The molecule has 2 aromatic rings. The molecule has 0 saturated heterocycles. The Hall–Kier alpha value is -2.48. The van der Waals surface area contributed by atoms with Gasteiger partial charge in [0.05, 0.1) is 7.11 Å². The molecule has 8 heteroatoms. The van der Waals surface area contributed by atoms with Gasteiger partial charge in [0.25, 0.3) is 5.91 Å². The lowest BCUT2D eigenvalue weighted by molar-refractivity contribution is -0.126. The lowest BCUT2D eigenvalue weighted by atomic mass is 10.0. The molecule has 7 nitrogen and oxygen atoms in total. The Labute approximate surface area is 168 Å². The molecule has 148 valence electrons. The van der Waals surface area contributed by atoms with Gasteiger partial charge in [-0.1, -0.05) is 35.5 Å². The van der Waals surface area contributed by atoms with Gasteiger partial charge in [0.1, 0.15) is 11.8 Å². The minimum atomic E-state index is -0.751. The van der Waals surface area contributed by atoms with E-state index in [-0.39, 0.29) is 29.6 Å². The van der Waals surface area contributed by atoms with Crippen molar-refractivity contribution in [2.75, 3.05) is 7.11 Å². The monoisotopic (exact) mass is 400 g/mol. The highest BCUT2D eigenvalue weighted by Gasteiger charge is 2.43. The van der Waals surface area contributed by atoms with Crippen molar-refractivity contribution in [3.63, 3.8) is 0 Å². The highest BCUT2D eigenvalue weighted by molar-refractivity contribution is 7.03. The average molecular weight is 401 g/mol. The summed E-state index contributed by atoms with van der Waals surface area (Å²) in [6.45, 7) is 0. The van der Waals surface area contributed by atoms with Crippen molar-refractivity contribution >= 4 is 23.3 Å². The first-order valence-corrected chi connectivity index (χ1v) is 10.6. The first-order chi connectivity index (χ1) is 13.7. The summed E-state index contributed by atoms with van der Waals surface area (Å²) in [7, 11) is 1.58. The Morgan fingerprint density at radius 3 is 2.61 bits per heavy atom. The standard InChI is InChI=1S/C20H24N4O3S/c1-27-17-9-5-4-8-15(17)18(19(25)21-13-6-2-3-7-13)24(14-10-11-14)20(26)16-12-28-23-22-16/h4-5,8-9,12-14,18H,2-3,6-7,10-11H2,1H3,(H,21,25)/t18-/m1/s1. The average Bonchev–Trinajstić information content (AvgIpc) is 3.17. The van der Waals surface area contributed by atoms with Crippen LogP contribution < -0.4 is 10.1 Å². The van der Waals surface area contributed by atoms with Gasteiger partial charge in [-0.3, -0.25) is 9.59 Å². The van der Waals surface area contributed by atoms with E-state index in [1.54, 1.807) is 17.4 Å². The topological polar surface area (TPSA) is 84.4 Å². The molecule has 4 rings (SSSR count). The fraction of sp³-hybridized carbons (Fsp3) is 0.500. The maximum Gasteiger partial charge on any atom is 0.276 e. The van der Waals surface area contributed by atoms with Gasteiger partial charge in [0, 0.05) is 23.0 Å². The summed E-state index contributed by atoms with van der Waals surface area (Å²) in [6.07, 6.45) is 5.98. The van der Waals surface area contributed by atoms with Crippen molar-refractivity contribution in [3.8, 4) is 5.75 Å². The fourth-order valence-corrected chi connectivity index (χ4v) is 4.33. The van der Waals surface area contributed by atoms with Crippen molar-refractivity contribution in [3.05, 3.63) is 40.9 Å². The zero-order valence-electron chi connectivity index (χ0n) is 15.8. The van der Waals surface area contributed by atoms with E-state index in [1.807, 2.05) is 24.3 Å². The number of carbonyl (C=O) groups is 2. The Kier molecular flexibility index (Phi) is 5.57. The molecule has 0 bridgehead atoms. The van der Waals surface area contributed by atoms with Crippen LogP contribution in [0, 0.1) is 0 Å². The summed E-state index contributed by atoms with van der Waals surface area (Å²) in [6, 6.07) is 6.86. The van der Waals surface area contributed by atoms with Gasteiger partial charge in [0.15, 0.2) is 5.69 Å². The summed E-state index contributed by atoms with van der Waals surface area (Å²) in [4.78, 5) is 28.4. The number of hydrogen-bond acceptors (Lipinski definition) is 6. The van der Waals surface area contributed by atoms with E-state index >= 15 is 0 Å². The Bertz CT molecular complexity index is 832. The Balaban J connectivity index is 1.72. The molecule has 0 aliphatic heterocycles. The number of hydrogen-bond donors (Lipinski definition) is 1. The molecule has 0 radical (unpaired) electrons. The maximum atomic E-state index is 13.4. The van der Waals surface area contributed by atoms with E-state index in [4.69, 9.17) is 4.74 Å². The minimum Gasteiger partial charge on any atom is -0.496 e. The number of ether oxygens (including phenoxy) is 1. The van der Waals surface area contributed by atoms with Crippen molar-refractivity contribution in [1.29, 1.82) is 0 Å². The van der Waals surface area contributed by atoms with E-state index in [2.05, 4.69) is 14.9 Å². The molecule has 0 spiro atoms. The third kappa shape index (κ3) is 3.87. The number of methoxy groups -OCH3 is 1. The number of carbonyl (C=O) groups excluding carboxylic acids is 2.